The van der Waals surface area contributed by atoms with Crippen LogP contribution in [0.25, 0.3) is 11.3 Å². The number of fused-ring (bicyclic) bond motifs is 2. The van der Waals surface area contributed by atoms with Crippen LogP contribution in [0.15, 0.2) is 53.9 Å². The van der Waals surface area contributed by atoms with E-state index in [0.717, 1.165) is 5.56 Å². The number of nitrogens with one attached hydrogen (secondary N) is 1. The highest BCUT2D eigenvalue weighted by Crippen LogP contribution is 2.48. The van der Waals surface area contributed by atoms with E-state index < -0.39 is 12.0 Å². The summed E-state index contributed by atoms with van der Waals surface area (Å²) in [7, 11) is 0. The van der Waals surface area contributed by atoms with E-state index in [1.54, 1.807) is 29.2 Å². The lowest BCUT2D eigenvalue weighted by Gasteiger charge is -2.28. The maximum absolute atomic E-state index is 12.9. The van der Waals surface area contributed by atoms with Gasteiger partial charge in [-0.3, -0.25) is 5.10 Å². The van der Waals surface area contributed by atoms with E-state index in [0.29, 0.717) is 60.4 Å². The molecular formula is C25H21N5O6. The summed E-state index contributed by atoms with van der Waals surface area (Å²) < 4.78 is 27.8. The molecule has 1 unspecified atom stereocenters. The second kappa shape index (κ2) is 8.83. The van der Waals surface area contributed by atoms with Gasteiger partial charge in [-0.2, -0.15) is 5.26 Å². The molecule has 1 atom stereocenters. The summed E-state index contributed by atoms with van der Waals surface area (Å²) in [6, 6.07) is 14.7. The monoisotopic (exact) mass is 487 g/mol. The molecule has 3 aliphatic heterocycles. The average molecular weight is 487 g/mol. The third-order valence-corrected chi connectivity index (χ3v) is 6.30. The molecule has 0 radical (unpaired) electrons. The molecule has 1 fully saturated rings. The highest BCUT2D eigenvalue weighted by molar-refractivity contribution is 5.75. The number of hydrogen-bond acceptors (Lipinski definition) is 9. The number of benzene rings is 2. The van der Waals surface area contributed by atoms with E-state index in [-0.39, 0.29) is 24.1 Å². The summed E-state index contributed by atoms with van der Waals surface area (Å²) in [5.41, 5.74) is 8.85. The van der Waals surface area contributed by atoms with Gasteiger partial charge in [0.15, 0.2) is 11.5 Å². The number of para-hydroxylation sites is 1. The Labute approximate surface area is 205 Å². The van der Waals surface area contributed by atoms with Crippen molar-refractivity contribution in [3.63, 3.8) is 0 Å². The number of nitrogens with two attached hydrogens (primary N) is 1. The van der Waals surface area contributed by atoms with Crippen molar-refractivity contribution < 1.29 is 28.5 Å². The molecule has 4 heterocycles. The predicted molar refractivity (Wildman–Crippen MR) is 124 cm³/mol. The predicted octanol–water partition coefficient (Wildman–Crippen LogP) is 2.85. The number of allylic oxidation sites excluding steroid dienone is 1. The van der Waals surface area contributed by atoms with Crippen LogP contribution in [0, 0.1) is 11.3 Å². The number of nitrogens with zero attached hydrogens (tertiary/aromatic N) is 3. The summed E-state index contributed by atoms with van der Waals surface area (Å²) in [5, 5.41) is 17.4. The Bertz CT molecular complexity index is 1420. The molecular weight excluding hydrogens is 466 g/mol. The van der Waals surface area contributed by atoms with E-state index in [9.17, 15) is 10.1 Å². The number of H-pyrrole nitrogens is 1. The third kappa shape index (κ3) is 3.64. The molecule has 1 aromatic heterocycles. The summed E-state index contributed by atoms with van der Waals surface area (Å²) >= 11 is 0. The number of nitriles is 1. The minimum atomic E-state index is -0.702. The zero-order valence-corrected chi connectivity index (χ0v) is 19.0. The van der Waals surface area contributed by atoms with Gasteiger partial charge in [-0.05, 0) is 24.3 Å². The Balaban J connectivity index is 1.44. The van der Waals surface area contributed by atoms with Crippen molar-refractivity contribution in [3.8, 4) is 40.5 Å². The van der Waals surface area contributed by atoms with Gasteiger partial charge in [-0.25, -0.2) is 4.79 Å². The first-order valence-electron chi connectivity index (χ1n) is 11.3. The van der Waals surface area contributed by atoms with Crippen molar-refractivity contribution in [1.29, 1.82) is 5.26 Å². The zero-order valence-electron chi connectivity index (χ0n) is 19.0. The van der Waals surface area contributed by atoms with Gasteiger partial charge in [0.1, 0.15) is 17.4 Å². The van der Waals surface area contributed by atoms with Crippen LogP contribution in [0.2, 0.25) is 0 Å². The van der Waals surface area contributed by atoms with Crippen LogP contribution in [0.1, 0.15) is 17.0 Å². The lowest BCUT2D eigenvalue weighted by atomic mass is 9.82. The standard InChI is InChI=1S/C25H21N5O6/c26-12-16-20(15-3-1-2-4-17(15)35-25(31)30-7-9-32-10-8-30)21-22(28-29-24(21)36-23(16)27)14-5-6-18-19(11-14)34-13-33-18/h1-6,11,20H,7-10,13,27H2,(H,28,29). The lowest BCUT2D eigenvalue weighted by Crippen LogP contribution is -2.42. The minimum Gasteiger partial charge on any atom is -0.454 e. The fourth-order valence-corrected chi connectivity index (χ4v) is 4.54. The van der Waals surface area contributed by atoms with E-state index in [1.165, 1.54) is 0 Å². The van der Waals surface area contributed by atoms with E-state index in [1.807, 2.05) is 18.2 Å². The van der Waals surface area contributed by atoms with Crippen LogP contribution >= 0.6 is 0 Å². The molecule has 11 nitrogen and oxygen atoms in total. The van der Waals surface area contributed by atoms with Crippen LogP contribution in [0.5, 0.6) is 23.1 Å². The summed E-state index contributed by atoms with van der Waals surface area (Å²) in [6.45, 7) is 1.92. The summed E-state index contributed by atoms with van der Waals surface area (Å²) in [5.74, 6) is 1.02. The molecule has 1 amide bonds. The fraction of sp³-hybridized carbons (Fsp3) is 0.240. The quantitative estimate of drug-likeness (QED) is 0.569. The van der Waals surface area contributed by atoms with Crippen molar-refractivity contribution in [1.82, 2.24) is 15.1 Å². The van der Waals surface area contributed by atoms with Crippen molar-refractivity contribution >= 4 is 6.09 Å². The molecule has 11 heteroatoms. The molecule has 2 aromatic carbocycles. The van der Waals surface area contributed by atoms with Crippen molar-refractivity contribution in [2.45, 2.75) is 5.92 Å². The number of rotatable bonds is 3. The topological polar surface area (TPSA) is 145 Å². The molecule has 0 bridgehead atoms. The number of aromatic amines is 1. The van der Waals surface area contributed by atoms with Gasteiger partial charge < -0.3 is 34.3 Å². The van der Waals surface area contributed by atoms with Crippen molar-refractivity contribution in [2.75, 3.05) is 33.1 Å². The number of carbonyl (C=O) groups is 1. The molecule has 0 aliphatic carbocycles. The third-order valence-electron chi connectivity index (χ3n) is 6.30. The largest absolute Gasteiger partial charge is 0.454 e. The maximum Gasteiger partial charge on any atom is 0.415 e. The SMILES string of the molecule is N#CC1=C(N)Oc2n[nH]c(-c3ccc4c(c3)OCO4)c2C1c1ccccc1OC(=O)N1CCOCC1. The summed E-state index contributed by atoms with van der Waals surface area (Å²) in [6.07, 6.45) is -0.489. The number of amides is 1. The highest BCUT2D eigenvalue weighted by Gasteiger charge is 2.38. The van der Waals surface area contributed by atoms with Crippen LogP contribution in [0.4, 0.5) is 4.79 Å². The Hall–Kier alpha value is -4.69. The molecule has 3 aliphatic rings. The normalized spacial score (nSPS) is 18.3. The smallest absolute Gasteiger partial charge is 0.415 e. The number of hydrogen-bond donors (Lipinski definition) is 2. The van der Waals surface area contributed by atoms with Crippen LogP contribution in [0.3, 0.4) is 0 Å². The molecule has 0 spiro atoms. The molecule has 182 valence electrons. The first-order valence-corrected chi connectivity index (χ1v) is 11.3. The molecule has 1 saturated heterocycles. The van der Waals surface area contributed by atoms with Crippen molar-refractivity contribution in [3.05, 3.63) is 65.0 Å². The van der Waals surface area contributed by atoms with E-state index in [4.69, 9.17) is 29.4 Å². The fourth-order valence-electron chi connectivity index (χ4n) is 4.54. The van der Waals surface area contributed by atoms with Gasteiger partial charge in [0.05, 0.1) is 30.4 Å². The molecule has 6 rings (SSSR count). The molecule has 36 heavy (non-hydrogen) atoms. The van der Waals surface area contributed by atoms with Gasteiger partial charge in [0.2, 0.25) is 18.6 Å². The second-order valence-electron chi connectivity index (χ2n) is 8.32. The second-order valence-corrected chi connectivity index (χ2v) is 8.32. The van der Waals surface area contributed by atoms with Crippen LogP contribution in [-0.4, -0.2) is 54.3 Å². The first kappa shape index (κ1) is 21.8. The van der Waals surface area contributed by atoms with Gasteiger partial charge in [0, 0.05) is 24.2 Å². The average Bonchev–Trinajstić information content (AvgIpc) is 3.55. The highest BCUT2D eigenvalue weighted by atomic mass is 16.7. The molecule has 0 saturated carbocycles. The Morgan fingerprint density at radius 1 is 1.17 bits per heavy atom. The van der Waals surface area contributed by atoms with Gasteiger partial charge >= 0.3 is 6.09 Å². The van der Waals surface area contributed by atoms with E-state index in [2.05, 4.69) is 16.3 Å². The molecule has 3 N–H and O–H groups in total. The minimum absolute atomic E-state index is 0.0620. The van der Waals surface area contributed by atoms with Gasteiger partial charge in [0.25, 0.3) is 0 Å². The zero-order chi connectivity index (χ0) is 24.6. The number of carbonyl (C=O) groups excluding carboxylic acids is 1. The van der Waals surface area contributed by atoms with Crippen LogP contribution < -0.4 is 24.7 Å². The van der Waals surface area contributed by atoms with Gasteiger partial charge in [-0.1, -0.05) is 18.2 Å². The van der Waals surface area contributed by atoms with E-state index >= 15 is 0 Å². The Kier molecular flexibility index (Phi) is 5.35. The van der Waals surface area contributed by atoms with Gasteiger partial charge in [-0.15, -0.1) is 5.10 Å². The summed E-state index contributed by atoms with van der Waals surface area (Å²) in [4.78, 5) is 14.5. The Morgan fingerprint density at radius 2 is 1.97 bits per heavy atom. The number of ether oxygens (including phenoxy) is 5. The Morgan fingerprint density at radius 3 is 2.81 bits per heavy atom. The van der Waals surface area contributed by atoms with Crippen molar-refractivity contribution in [2.24, 2.45) is 5.73 Å². The first-order chi connectivity index (χ1) is 17.6. The number of morpholine rings is 1. The number of aromatic nitrogens is 2. The molecule has 3 aromatic rings. The lowest BCUT2D eigenvalue weighted by molar-refractivity contribution is 0.0415. The van der Waals surface area contributed by atoms with Crippen LogP contribution in [-0.2, 0) is 4.74 Å². The maximum atomic E-state index is 12.9.